The van der Waals surface area contributed by atoms with Gasteiger partial charge in [-0.05, 0) is 22.9 Å². The molecule has 0 fully saturated rings. The molecule has 8 heteroatoms. The molecule has 1 rings (SSSR count). The van der Waals surface area contributed by atoms with E-state index >= 15 is 0 Å². The number of nitro groups is 1. The minimum atomic E-state index is -0.901. The number of rotatable bonds is 5. The Labute approximate surface area is 110 Å². The second-order valence-electron chi connectivity index (χ2n) is 3.57. The van der Waals surface area contributed by atoms with Gasteiger partial charge in [-0.25, -0.2) is 4.98 Å². The van der Waals surface area contributed by atoms with Gasteiger partial charge < -0.3 is 5.32 Å². The molecule has 0 saturated heterocycles. The number of halogens is 1. The van der Waals surface area contributed by atoms with Gasteiger partial charge in [-0.1, -0.05) is 0 Å². The van der Waals surface area contributed by atoms with Crippen LogP contribution in [0.3, 0.4) is 0 Å². The molecule has 1 heterocycles. The van der Waals surface area contributed by atoms with E-state index in [0.717, 1.165) is 0 Å². The van der Waals surface area contributed by atoms with Crippen molar-refractivity contribution < 1.29 is 9.13 Å². The topological polar surface area (TPSA) is 85.1 Å². The van der Waals surface area contributed by atoms with E-state index < -0.39 is 15.7 Å². The molecule has 0 radical (unpaired) electrons. The second kappa shape index (κ2) is 6.06. The summed E-state index contributed by atoms with van der Waals surface area (Å²) in [4.78, 5) is 14.0. The Balaban J connectivity index is 2.79. The van der Waals surface area contributed by atoms with E-state index in [4.69, 9.17) is 0 Å². The lowest BCUT2D eigenvalue weighted by molar-refractivity contribution is -0.385. The minimum absolute atomic E-state index is 0.0221. The monoisotopic (exact) mass is 321 g/mol. The standard InChI is InChI=1S/C9H12BrN3O3S/c1-6(5-17(2)16)12-9-8(10)3-7(4-11-9)13(14)15/h3-4,6H,5H2,1-2H3,(H,11,12). The first-order chi connectivity index (χ1) is 7.90. The largest absolute Gasteiger partial charge is 0.366 e. The van der Waals surface area contributed by atoms with Gasteiger partial charge in [0.15, 0.2) is 0 Å². The highest BCUT2D eigenvalue weighted by Crippen LogP contribution is 2.24. The lowest BCUT2D eigenvalue weighted by Gasteiger charge is -2.13. The lowest BCUT2D eigenvalue weighted by Crippen LogP contribution is -2.23. The molecule has 1 N–H and O–H groups in total. The Morgan fingerprint density at radius 2 is 2.35 bits per heavy atom. The quantitative estimate of drug-likeness (QED) is 0.661. The minimum Gasteiger partial charge on any atom is -0.366 e. The van der Waals surface area contributed by atoms with Gasteiger partial charge in [0, 0.05) is 34.9 Å². The van der Waals surface area contributed by atoms with Crippen LogP contribution in [-0.4, -0.2) is 32.2 Å². The fraction of sp³-hybridized carbons (Fsp3) is 0.444. The van der Waals surface area contributed by atoms with Gasteiger partial charge in [-0.3, -0.25) is 14.3 Å². The van der Waals surface area contributed by atoms with Gasteiger partial charge >= 0.3 is 0 Å². The highest BCUT2D eigenvalue weighted by atomic mass is 79.9. The normalized spacial score (nSPS) is 14.1. The molecule has 1 aromatic rings. The number of pyridine rings is 1. The summed E-state index contributed by atoms with van der Waals surface area (Å²) in [6.45, 7) is 1.87. The van der Waals surface area contributed by atoms with Crippen LogP contribution in [0.1, 0.15) is 6.92 Å². The van der Waals surface area contributed by atoms with Crippen LogP contribution in [0.15, 0.2) is 16.7 Å². The van der Waals surface area contributed by atoms with E-state index in [-0.39, 0.29) is 11.7 Å². The third-order valence-electron chi connectivity index (χ3n) is 1.91. The van der Waals surface area contributed by atoms with Crippen LogP contribution in [0.4, 0.5) is 11.5 Å². The highest BCUT2D eigenvalue weighted by Gasteiger charge is 2.12. The van der Waals surface area contributed by atoms with Crippen LogP contribution >= 0.6 is 15.9 Å². The molecule has 2 unspecified atom stereocenters. The van der Waals surface area contributed by atoms with Crippen molar-refractivity contribution in [2.75, 3.05) is 17.3 Å². The van der Waals surface area contributed by atoms with Crippen molar-refractivity contribution in [3.05, 3.63) is 26.9 Å². The van der Waals surface area contributed by atoms with E-state index in [9.17, 15) is 14.3 Å². The summed E-state index contributed by atoms with van der Waals surface area (Å²) in [5, 5.41) is 13.6. The predicted molar refractivity (Wildman–Crippen MR) is 70.6 cm³/mol. The molecule has 0 saturated carbocycles. The van der Waals surface area contributed by atoms with Crippen molar-refractivity contribution in [3.8, 4) is 0 Å². The Morgan fingerprint density at radius 3 is 2.82 bits per heavy atom. The van der Waals surface area contributed by atoms with E-state index in [2.05, 4.69) is 26.2 Å². The maximum absolute atomic E-state index is 11.0. The molecule has 0 aromatic carbocycles. The van der Waals surface area contributed by atoms with Crippen LogP contribution in [-0.2, 0) is 10.8 Å². The van der Waals surface area contributed by atoms with Crippen LogP contribution in [0.5, 0.6) is 0 Å². The number of aromatic nitrogens is 1. The van der Waals surface area contributed by atoms with E-state index in [1.807, 2.05) is 6.92 Å². The Hall–Kier alpha value is -1.02. The van der Waals surface area contributed by atoms with Gasteiger partial charge in [-0.2, -0.15) is 0 Å². The first-order valence-electron chi connectivity index (χ1n) is 4.76. The SMILES string of the molecule is CC(CS(C)=O)Nc1ncc([N+](=O)[O-])cc1Br. The average molecular weight is 322 g/mol. The molecule has 17 heavy (non-hydrogen) atoms. The molecular weight excluding hydrogens is 310 g/mol. The highest BCUT2D eigenvalue weighted by molar-refractivity contribution is 9.10. The molecule has 0 aliphatic heterocycles. The molecule has 0 amide bonds. The second-order valence-corrected chi connectivity index (χ2v) is 5.90. The summed E-state index contributed by atoms with van der Waals surface area (Å²) >= 11 is 3.20. The Morgan fingerprint density at radius 1 is 1.71 bits per heavy atom. The van der Waals surface area contributed by atoms with E-state index in [1.165, 1.54) is 12.3 Å². The molecule has 0 aliphatic rings. The van der Waals surface area contributed by atoms with Crippen molar-refractivity contribution >= 4 is 38.2 Å². The number of anilines is 1. The van der Waals surface area contributed by atoms with Crippen LogP contribution < -0.4 is 5.32 Å². The zero-order valence-electron chi connectivity index (χ0n) is 9.34. The van der Waals surface area contributed by atoms with Gasteiger partial charge in [0.1, 0.15) is 12.0 Å². The van der Waals surface area contributed by atoms with Crippen LogP contribution in [0.25, 0.3) is 0 Å². The number of hydrogen-bond acceptors (Lipinski definition) is 5. The Bertz CT molecular complexity index is 455. The zero-order chi connectivity index (χ0) is 13.0. The molecule has 0 spiro atoms. The third kappa shape index (κ3) is 4.39. The van der Waals surface area contributed by atoms with Crippen molar-refractivity contribution in [1.82, 2.24) is 4.98 Å². The van der Waals surface area contributed by atoms with E-state index in [0.29, 0.717) is 16.0 Å². The molecular formula is C9H12BrN3O3S. The summed E-state index contributed by atoms with van der Waals surface area (Å²) < 4.78 is 11.5. The maximum Gasteiger partial charge on any atom is 0.288 e. The zero-order valence-corrected chi connectivity index (χ0v) is 11.7. The van der Waals surface area contributed by atoms with E-state index in [1.54, 1.807) is 6.26 Å². The number of nitrogens with one attached hydrogen (secondary N) is 1. The predicted octanol–water partition coefficient (Wildman–Crippen LogP) is 1.93. The van der Waals surface area contributed by atoms with Crippen molar-refractivity contribution in [3.63, 3.8) is 0 Å². The van der Waals surface area contributed by atoms with Gasteiger partial charge in [0.05, 0.1) is 9.40 Å². The summed E-state index contributed by atoms with van der Waals surface area (Å²) in [6.07, 6.45) is 2.80. The van der Waals surface area contributed by atoms with Crippen molar-refractivity contribution in [2.24, 2.45) is 0 Å². The summed E-state index contributed by atoms with van der Waals surface area (Å²) in [5.41, 5.74) is -0.0749. The molecule has 6 nitrogen and oxygen atoms in total. The smallest absolute Gasteiger partial charge is 0.288 e. The fourth-order valence-electron chi connectivity index (χ4n) is 1.26. The van der Waals surface area contributed by atoms with Gasteiger partial charge in [0.2, 0.25) is 0 Å². The third-order valence-corrected chi connectivity index (χ3v) is 3.48. The number of hydrogen-bond donors (Lipinski definition) is 1. The summed E-state index contributed by atoms with van der Waals surface area (Å²) in [7, 11) is -0.901. The first-order valence-corrected chi connectivity index (χ1v) is 7.28. The summed E-state index contributed by atoms with van der Waals surface area (Å²) in [5.74, 6) is 0.999. The Kier molecular flexibility index (Phi) is 5.01. The number of nitrogens with zero attached hydrogens (tertiary/aromatic N) is 2. The van der Waals surface area contributed by atoms with Gasteiger partial charge in [0.25, 0.3) is 5.69 Å². The lowest BCUT2D eigenvalue weighted by atomic mass is 10.3. The molecule has 2 atom stereocenters. The summed E-state index contributed by atoms with van der Waals surface area (Å²) in [6, 6.07) is 1.36. The molecule has 0 bridgehead atoms. The molecule has 0 aliphatic carbocycles. The first kappa shape index (κ1) is 14.0. The fourth-order valence-corrected chi connectivity index (χ4v) is 2.50. The molecule has 1 aromatic heterocycles. The maximum atomic E-state index is 11.0. The van der Waals surface area contributed by atoms with Crippen LogP contribution in [0.2, 0.25) is 0 Å². The van der Waals surface area contributed by atoms with Crippen LogP contribution in [0, 0.1) is 10.1 Å². The van der Waals surface area contributed by atoms with Crippen molar-refractivity contribution in [2.45, 2.75) is 13.0 Å². The average Bonchev–Trinajstić information content (AvgIpc) is 2.19. The van der Waals surface area contributed by atoms with Crippen molar-refractivity contribution in [1.29, 1.82) is 0 Å². The molecule has 94 valence electrons. The van der Waals surface area contributed by atoms with Gasteiger partial charge in [-0.15, -0.1) is 0 Å².